The molecule has 2 unspecified atom stereocenters. The fourth-order valence-electron chi connectivity index (χ4n) is 5.41. The Morgan fingerprint density at radius 3 is 2.52 bits per heavy atom. The van der Waals surface area contributed by atoms with E-state index < -0.39 is 40.7 Å². The summed E-state index contributed by atoms with van der Waals surface area (Å²) in [6.45, 7) is 1.62. The first-order valence-corrected chi connectivity index (χ1v) is 7.25. The van der Waals surface area contributed by atoms with Gasteiger partial charge in [-0.3, -0.25) is 4.79 Å². The molecule has 21 heavy (non-hydrogen) atoms. The zero-order chi connectivity index (χ0) is 15.6. The fraction of sp³-hybridized carbons (Fsp3) is 0.733. The Balaban J connectivity index is 2.17. The van der Waals surface area contributed by atoms with Crippen LogP contribution in [0.15, 0.2) is 11.6 Å². The highest BCUT2D eigenvalue weighted by Crippen LogP contribution is 2.71. The second-order valence-electron chi connectivity index (χ2n) is 6.93. The highest BCUT2D eigenvalue weighted by Gasteiger charge is 2.71. The maximum absolute atomic E-state index is 11.6. The topological polar surface area (TPSA) is 115 Å². The van der Waals surface area contributed by atoms with Crippen LogP contribution in [0.25, 0.3) is 0 Å². The van der Waals surface area contributed by atoms with Gasteiger partial charge in [-0.2, -0.15) is 0 Å². The lowest BCUT2D eigenvalue weighted by atomic mass is 9.65. The highest BCUT2D eigenvalue weighted by atomic mass is 16.4. The third kappa shape index (κ3) is 1.54. The minimum absolute atomic E-state index is 0.114. The first-order valence-electron chi connectivity index (χ1n) is 7.25. The molecule has 1 spiro atoms. The molecule has 6 atom stereocenters. The van der Waals surface area contributed by atoms with Crippen molar-refractivity contribution in [3.05, 3.63) is 11.6 Å². The molecule has 0 amide bonds. The molecular formula is C15H20O6. The second kappa shape index (κ2) is 4.30. The van der Waals surface area contributed by atoms with Crippen molar-refractivity contribution in [1.29, 1.82) is 0 Å². The van der Waals surface area contributed by atoms with E-state index in [0.29, 0.717) is 19.3 Å². The van der Waals surface area contributed by atoms with E-state index in [-0.39, 0.29) is 18.1 Å². The van der Waals surface area contributed by atoms with Gasteiger partial charge in [0.25, 0.3) is 0 Å². The predicted molar refractivity (Wildman–Crippen MR) is 71.3 cm³/mol. The number of carbonyl (C=O) groups is 2. The summed E-state index contributed by atoms with van der Waals surface area (Å²) < 4.78 is 0. The predicted octanol–water partition coefficient (Wildman–Crippen LogP) is 0.488. The Hall–Kier alpha value is -1.40. The summed E-state index contributed by atoms with van der Waals surface area (Å²) in [5, 5.41) is 39.3. The van der Waals surface area contributed by atoms with Gasteiger partial charge in [0.2, 0.25) is 0 Å². The minimum atomic E-state index is -1.10. The van der Waals surface area contributed by atoms with Crippen LogP contribution in [-0.4, -0.2) is 45.1 Å². The number of aliphatic carboxylic acids is 2. The minimum Gasteiger partial charge on any atom is -0.481 e. The van der Waals surface area contributed by atoms with E-state index in [4.69, 9.17) is 0 Å². The van der Waals surface area contributed by atoms with Crippen molar-refractivity contribution in [2.75, 3.05) is 6.61 Å². The molecule has 2 fully saturated rings. The molecule has 6 heteroatoms. The molecule has 0 aliphatic heterocycles. The largest absolute Gasteiger partial charge is 0.481 e. The molecule has 4 N–H and O–H groups in total. The summed E-state index contributed by atoms with van der Waals surface area (Å²) in [6.07, 6.45) is 1.62. The van der Waals surface area contributed by atoms with Crippen LogP contribution in [0.5, 0.6) is 0 Å². The van der Waals surface area contributed by atoms with Gasteiger partial charge in [-0.25, -0.2) is 4.79 Å². The van der Waals surface area contributed by atoms with Crippen LogP contribution in [-0.2, 0) is 9.59 Å². The van der Waals surface area contributed by atoms with Gasteiger partial charge in [-0.15, -0.1) is 0 Å². The molecule has 3 rings (SSSR count). The lowest BCUT2D eigenvalue weighted by molar-refractivity contribution is -0.150. The molecule has 6 nitrogen and oxygen atoms in total. The SMILES string of the molecule is C[C@]1(CO)C2CC[C@@H](C(=O)O)C23C[C@H]1C(C(=O)O)=C[C@@H]3O. The van der Waals surface area contributed by atoms with E-state index in [1.54, 1.807) is 0 Å². The fourth-order valence-corrected chi connectivity index (χ4v) is 5.41. The van der Waals surface area contributed by atoms with Crippen LogP contribution >= 0.6 is 0 Å². The number of fused-ring (bicyclic) bond motifs is 1. The molecule has 0 saturated heterocycles. The van der Waals surface area contributed by atoms with E-state index in [9.17, 15) is 30.0 Å². The third-order valence-electron chi connectivity index (χ3n) is 6.34. The Morgan fingerprint density at radius 1 is 1.33 bits per heavy atom. The van der Waals surface area contributed by atoms with Crippen molar-refractivity contribution >= 4 is 11.9 Å². The summed E-state index contributed by atoms with van der Waals surface area (Å²) in [5.74, 6) is -3.30. The van der Waals surface area contributed by atoms with Gasteiger partial charge in [0.15, 0.2) is 0 Å². The maximum atomic E-state index is 11.6. The molecule has 116 valence electrons. The quantitative estimate of drug-likeness (QED) is 0.602. The molecule has 0 aromatic rings. The normalized spacial score (nSPS) is 47.9. The van der Waals surface area contributed by atoms with Gasteiger partial charge in [0, 0.05) is 23.0 Å². The summed E-state index contributed by atoms with van der Waals surface area (Å²) in [5.41, 5.74) is -1.41. The van der Waals surface area contributed by atoms with Crippen LogP contribution in [0.4, 0.5) is 0 Å². The number of hydrogen-bond acceptors (Lipinski definition) is 4. The van der Waals surface area contributed by atoms with Crippen molar-refractivity contribution in [2.24, 2.45) is 28.6 Å². The van der Waals surface area contributed by atoms with E-state index in [0.717, 1.165) is 0 Å². The number of rotatable bonds is 3. The maximum Gasteiger partial charge on any atom is 0.331 e. The van der Waals surface area contributed by atoms with Gasteiger partial charge >= 0.3 is 11.9 Å². The molecule has 0 aromatic carbocycles. The van der Waals surface area contributed by atoms with Crippen LogP contribution in [0.2, 0.25) is 0 Å². The van der Waals surface area contributed by atoms with Crippen LogP contribution in [0, 0.1) is 28.6 Å². The van der Waals surface area contributed by atoms with Crippen LogP contribution < -0.4 is 0 Å². The lowest BCUT2D eigenvalue weighted by Gasteiger charge is -2.40. The summed E-state index contributed by atoms with van der Waals surface area (Å²) >= 11 is 0. The molecular weight excluding hydrogens is 276 g/mol. The molecule has 0 heterocycles. The van der Waals surface area contributed by atoms with Crippen molar-refractivity contribution in [3.8, 4) is 0 Å². The highest BCUT2D eigenvalue weighted by molar-refractivity contribution is 5.88. The Bertz CT molecular complexity index is 540. The standard InChI is InChI=1S/C15H20O6/c1-14(6-16)9-5-15(11(17)4-7(9)12(18)19)8(13(20)21)2-3-10(14)15/h4,8-11,16-17H,2-3,5-6H2,1H3,(H,18,19)(H,20,21)/t8-,9-,10?,11-,14+,15?/m0/s1. The van der Waals surface area contributed by atoms with Gasteiger partial charge in [-0.1, -0.05) is 6.92 Å². The number of hydrogen-bond donors (Lipinski definition) is 4. The molecule has 2 bridgehead atoms. The Morgan fingerprint density at radius 2 is 2.00 bits per heavy atom. The van der Waals surface area contributed by atoms with Crippen LogP contribution in [0.1, 0.15) is 26.2 Å². The zero-order valence-corrected chi connectivity index (χ0v) is 11.8. The van der Waals surface area contributed by atoms with E-state index in [2.05, 4.69) is 0 Å². The average molecular weight is 296 g/mol. The number of carboxylic acid groups (broad SMARTS) is 2. The van der Waals surface area contributed by atoms with Crippen molar-refractivity contribution in [3.63, 3.8) is 0 Å². The summed E-state index contributed by atoms with van der Waals surface area (Å²) in [7, 11) is 0. The molecule has 0 aromatic heterocycles. The lowest BCUT2D eigenvalue weighted by Crippen LogP contribution is -2.45. The van der Waals surface area contributed by atoms with Crippen molar-refractivity contribution in [2.45, 2.75) is 32.3 Å². The number of aliphatic hydroxyl groups is 2. The summed E-state index contributed by atoms with van der Waals surface area (Å²) in [6, 6.07) is 0. The van der Waals surface area contributed by atoms with E-state index in [1.165, 1.54) is 6.08 Å². The second-order valence-corrected chi connectivity index (χ2v) is 6.93. The van der Waals surface area contributed by atoms with Gasteiger partial charge in [-0.05, 0) is 37.2 Å². The molecule has 3 aliphatic carbocycles. The Labute approximate surface area is 122 Å². The van der Waals surface area contributed by atoms with Gasteiger partial charge in [0.05, 0.1) is 12.0 Å². The van der Waals surface area contributed by atoms with Crippen LogP contribution in [0.3, 0.4) is 0 Å². The Kier molecular flexibility index (Phi) is 2.98. The smallest absolute Gasteiger partial charge is 0.331 e. The number of aliphatic hydroxyl groups excluding tert-OH is 2. The first kappa shape index (κ1) is 14.5. The monoisotopic (exact) mass is 296 g/mol. The molecule has 2 saturated carbocycles. The molecule has 0 radical (unpaired) electrons. The van der Waals surface area contributed by atoms with Crippen molar-refractivity contribution in [1.82, 2.24) is 0 Å². The van der Waals surface area contributed by atoms with Crippen molar-refractivity contribution < 1.29 is 30.0 Å². The van der Waals surface area contributed by atoms with Gasteiger partial charge in [0.1, 0.15) is 0 Å². The molecule has 3 aliphatic rings. The number of carboxylic acids is 2. The zero-order valence-electron chi connectivity index (χ0n) is 11.8. The van der Waals surface area contributed by atoms with E-state index >= 15 is 0 Å². The van der Waals surface area contributed by atoms with E-state index in [1.807, 2.05) is 6.92 Å². The summed E-state index contributed by atoms with van der Waals surface area (Å²) in [4.78, 5) is 23.0. The van der Waals surface area contributed by atoms with Gasteiger partial charge < -0.3 is 20.4 Å². The average Bonchev–Trinajstić information content (AvgIpc) is 2.89. The first-order chi connectivity index (χ1) is 9.79. The third-order valence-corrected chi connectivity index (χ3v) is 6.34.